The molecule has 2 unspecified atom stereocenters. The van der Waals surface area contributed by atoms with Gasteiger partial charge in [0, 0.05) is 6.04 Å². The number of hydrogen-bond acceptors (Lipinski definition) is 4. The monoisotopic (exact) mass is 252 g/mol. The van der Waals surface area contributed by atoms with Crippen LogP contribution in [0.1, 0.15) is 55.6 Å². The van der Waals surface area contributed by atoms with Gasteiger partial charge in [0.2, 0.25) is 0 Å². The number of aryl methyl sites for hydroxylation is 1. The zero-order valence-corrected chi connectivity index (χ0v) is 11.6. The second kappa shape index (κ2) is 5.17. The van der Waals surface area contributed by atoms with Crippen LogP contribution < -0.4 is 5.32 Å². The average molecular weight is 252 g/mol. The fraction of sp³-hybridized carbons (Fsp3) is 0.692. The van der Waals surface area contributed by atoms with E-state index in [2.05, 4.69) is 16.6 Å². The van der Waals surface area contributed by atoms with Crippen molar-refractivity contribution in [2.75, 3.05) is 5.32 Å². The van der Waals surface area contributed by atoms with E-state index in [1.165, 1.54) is 37.2 Å². The van der Waals surface area contributed by atoms with E-state index in [1.807, 2.05) is 6.92 Å². The number of anilines is 1. The zero-order valence-electron chi connectivity index (χ0n) is 10.7. The number of nitrogens with one attached hydrogen (secondary N) is 1. The highest BCUT2D eigenvalue weighted by Gasteiger charge is 2.24. The molecule has 0 spiro atoms. The third-order valence-corrected chi connectivity index (χ3v) is 4.51. The molecule has 4 heteroatoms. The first-order valence-corrected chi connectivity index (χ1v) is 7.10. The van der Waals surface area contributed by atoms with Crippen LogP contribution in [0.2, 0.25) is 0 Å². The summed E-state index contributed by atoms with van der Waals surface area (Å²) in [5.74, 6) is 0.799. The van der Waals surface area contributed by atoms with Crippen molar-refractivity contribution in [1.29, 1.82) is 0 Å². The van der Waals surface area contributed by atoms with Crippen molar-refractivity contribution in [1.82, 2.24) is 4.37 Å². The molecule has 0 radical (unpaired) electrons. The Morgan fingerprint density at radius 3 is 2.76 bits per heavy atom. The van der Waals surface area contributed by atoms with Crippen molar-refractivity contribution in [3.63, 3.8) is 0 Å². The summed E-state index contributed by atoms with van der Waals surface area (Å²) >= 11 is 1.42. The summed E-state index contributed by atoms with van der Waals surface area (Å²) in [6.07, 6.45) is 5.11. The molecule has 1 aromatic heterocycles. The van der Waals surface area contributed by atoms with E-state index in [4.69, 9.17) is 0 Å². The van der Waals surface area contributed by atoms with Gasteiger partial charge in [-0.15, -0.1) is 0 Å². The molecule has 1 N–H and O–H groups in total. The number of ketones is 1. The number of hydrogen-bond donors (Lipinski definition) is 1. The molecule has 0 amide bonds. The molecule has 1 aromatic rings. The SMILES string of the molecule is CC(=O)c1c(C)nsc1NC1CCCCC1C. The Bertz CT molecular complexity index is 414. The summed E-state index contributed by atoms with van der Waals surface area (Å²) in [5, 5.41) is 4.50. The highest BCUT2D eigenvalue weighted by atomic mass is 32.1. The first kappa shape index (κ1) is 12.6. The van der Waals surface area contributed by atoms with Gasteiger partial charge >= 0.3 is 0 Å². The van der Waals surface area contributed by atoms with Crippen molar-refractivity contribution in [3.8, 4) is 0 Å². The number of rotatable bonds is 3. The lowest BCUT2D eigenvalue weighted by Gasteiger charge is -2.29. The summed E-state index contributed by atoms with van der Waals surface area (Å²) < 4.78 is 4.29. The smallest absolute Gasteiger partial charge is 0.164 e. The Morgan fingerprint density at radius 2 is 2.12 bits per heavy atom. The van der Waals surface area contributed by atoms with Crippen LogP contribution in [0.3, 0.4) is 0 Å². The molecule has 1 aliphatic carbocycles. The molecule has 0 aromatic carbocycles. The first-order chi connectivity index (χ1) is 8.09. The van der Waals surface area contributed by atoms with Gasteiger partial charge in [-0.05, 0) is 44.1 Å². The third-order valence-electron chi connectivity index (χ3n) is 3.64. The van der Waals surface area contributed by atoms with Crippen molar-refractivity contribution in [2.24, 2.45) is 5.92 Å². The fourth-order valence-corrected chi connectivity index (χ4v) is 3.49. The standard InChI is InChI=1S/C13H20N2OS/c1-8-6-4-5-7-11(8)14-13-12(10(3)16)9(2)15-17-13/h8,11,14H,4-7H2,1-3H3. The van der Waals surface area contributed by atoms with E-state index in [0.717, 1.165) is 16.3 Å². The van der Waals surface area contributed by atoms with Crippen LogP contribution in [0.4, 0.5) is 5.00 Å². The molecule has 0 aliphatic heterocycles. The lowest BCUT2D eigenvalue weighted by molar-refractivity contribution is 0.101. The fourth-order valence-electron chi connectivity index (χ4n) is 2.58. The summed E-state index contributed by atoms with van der Waals surface area (Å²) in [7, 11) is 0. The number of aromatic nitrogens is 1. The minimum atomic E-state index is 0.113. The third kappa shape index (κ3) is 2.68. The van der Waals surface area contributed by atoms with E-state index in [9.17, 15) is 4.79 Å². The summed E-state index contributed by atoms with van der Waals surface area (Å²) in [6.45, 7) is 5.81. The number of Topliss-reactive ketones (excluding diaryl/α,β-unsaturated/α-hetero) is 1. The quantitative estimate of drug-likeness (QED) is 0.835. The Kier molecular flexibility index (Phi) is 3.82. The average Bonchev–Trinajstić information content (AvgIpc) is 2.63. The molecule has 1 aliphatic rings. The molecule has 0 bridgehead atoms. The Hall–Kier alpha value is -0.900. The minimum absolute atomic E-state index is 0.113. The molecule has 3 nitrogen and oxygen atoms in total. The maximum atomic E-state index is 11.6. The molecule has 2 atom stereocenters. The van der Waals surface area contributed by atoms with E-state index in [0.29, 0.717) is 12.0 Å². The molecular weight excluding hydrogens is 232 g/mol. The minimum Gasteiger partial charge on any atom is -0.372 e. The van der Waals surface area contributed by atoms with Crippen molar-refractivity contribution in [2.45, 2.75) is 52.5 Å². The lowest BCUT2D eigenvalue weighted by Crippen LogP contribution is -2.30. The van der Waals surface area contributed by atoms with Crippen molar-refractivity contribution >= 4 is 22.3 Å². The molecule has 1 heterocycles. The van der Waals surface area contributed by atoms with Gasteiger partial charge in [0.15, 0.2) is 5.78 Å². The maximum absolute atomic E-state index is 11.6. The van der Waals surface area contributed by atoms with Gasteiger partial charge in [-0.3, -0.25) is 4.79 Å². The predicted molar refractivity (Wildman–Crippen MR) is 71.9 cm³/mol. The van der Waals surface area contributed by atoms with E-state index in [1.54, 1.807) is 6.92 Å². The van der Waals surface area contributed by atoms with Crippen LogP contribution in [0.5, 0.6) is 0 Å². The van der Waals surface area contributed by atoms with E-state index < -0.39 is 0 Å². The van der Waals surface area contributed by atoms with Gasteiger partial charge in [-0.1, -0.05) is 19.8 Å². The highest BCUT2D eigenvalue weighted by molar-refractivity contribution is 7.10. The second-order valence-electron chi connectivity index (χ2n) is 5.04. The zero-order chi connectivity index (χ0) is 12.4. The molecule has 17 heavy (non-hydrogen) atoms. The molecule has 2 rings (SSSR count). The molecule has 94 valence electrons. The van der Waals surface area contributed by atoms with E-state index in [-0.39, 0.29) is 5.78 Å². The van der Waals surface area contributed by atoms with Crippen LogP contribution in [0.25, 0.3) is 0 Å². The summed E-state index contributed by atoms with van der Waals surface area (Å²) in [5.41, 5.74) is 1.64. The number of nitrogens with zero attached hydrogens (tertiary/aromatic N) is 1. The number of carbonyl (C=O) groups is 1. The molecular formula is C13H20N2OS. The Balaban J connectivity index is 2.15. The molecule has 0 saturated heterocycles. The van der Waals surface area contributed by atoms with E-state index >= 15 is 0 Å². The van der Waals surface area contributed by atoms with Crippen LogP contribution in [-0.2, 0) is 0 Å². The lowest BCUT2D eigenvalue weighted by atomic mass is 9.86. The van der Waals surface area contributed by atoms with Crippen LogP contribution in [-0.4, -0.2) is 16.2 Å². The normalized spacial score (nSPS) is 24.6. The Morgan fingerprint density at radius 1 is 1.41 bits per heavy atom. The summed E-state index contributed by atoms with van der Waals surface area (Å²) in [6, 6.07) is 0.502. The van der Waals surface area contributed by atoms with Gasteiger partial charge in [0.05, 0.1) is 11.3 Å². The van der Waals surface area contributed by atoms with Crippen LogP contribution in [0.15, 0.2) is 0 Å². The van der Waals surface area contributed by atoms with Crippen LogP contribution in [0, 0.1) is 12.8 Å². The number of carbonyl (C=O) groups excluding carboxylic acids is 1. The Labute approximate surface area is 107 Å². The second-order valence-corrected chi connectivity index (χ2v) is 5.81. The summed E-state index contributed by atoms with van der Waals surface area (Å²) in [4.78, 5) is 11.6. The van der Waals surface area contributed by atoms with Gasteiger partial charge in [0.1, 0.15) is 5.00 Å². The van der Waals surface area contributed by atoms with Crippen molar-refractivity contribution in [3.05, 3.63) is 11.3 Å². The predicted octanol–water partition coefficient (Wildman–Crippen LogP) is 3.64. The molecule has 1 fully saturated rings. The maximum Gasteiger partial charge on any atom is 0.164 e. The molecule has 1 saturated carbocycles. The largest absolute Gasteiger partial charge is 0.372 e. The first-order valence-electron chi connectivity index (χ1n) is 6.33. The van der Waals surface area contributed by atoms with Gasteiger partial charge in [0.25, 0.3) is 0 Å². The van der Waals surface area contributed by atoms with Crippen LogP contribution >= 0.6 is 11.5 Å². The van der Waals surface area contributed by atoms with Gasteiger partial charge in [-0.25, -0.2) is 0 Å². The highest BCUT2D eigenvalue weighted by Crippen LogP contribution is 2.31. The van der Waals surface area contributed by atoms with Gasteiger partial charge < -0.3 is 5.32 Å². The van der Waals surface area contributed by atoms with Gasteiger partial charge in [-0.2, -0.15) is 4.37 Å². The topological polar surface area (TPSA) is 42.0 Å². The van der Waals surface area contributed by atoms with Crippen molar-refractivity contribution < 1.29 is 4.79 Å².